The molecule has 0 saturated carbocycles. The quantitative estimate of drug-likeness (QED) is 0.879. The molecule has 0 aliphatic carbocycles. The molecule has 4 nitrogen and oxygen atoms in total. The van der Waals surface area contributed by atoms with Crippen molar-refractivity contribution in [2.75, 3.05) is 26.4 Å². The van der Waals surface area contributed by atoms with Gasteiger partial charge in [0, 0.05) is 23.6 Å². The minimum atomic E-state index is 0.606. The van der Waals surface area contributed by atoms with Crippen molar-refractivity contribution in [3.8, 4) is 5.75 Å². The Bertz CT molecular complexity index is 583. The Morgan fingerprint density at radius 3 is 2.80 bits per heavy atom. The second kappa shape index (κ2) is 6.57. The number of nitrogens with two attached hydrogens (primary N) is 1. The number of hydrogen-bond donors (Lipinski definition) is 1. The van der Waals surface area contributed by atoms with Crippen LogP contribution in [0.5, 0.6) is 5.75 Å². The van der Waals surface area contributed by atoms with Crippen LogP contribution in [0.25, 0.3) is 10.9 Å². The van der Waals surface area contributed by atoms with Gasteiger partial charge in [-0.25, -0.2) is 4.98 Å². The average Bonchev–Trinajstić information content (AvgIpc) is 2.45. The summed E-state index contributed by atoms with van der Waals surface area (Å²) in [6.07, 6.45) is 2.41. The lowest BCUT2D eigenvalue weighted by molar-refractivity contribution is 0.321. The van der Waals surface area contributed by atoms with E-state index in [4.69, 9.17) is 10.5 Å². The van der Waals surface area contributed by atoms with E-state index >= 15 is 0 Å². The van der Waals surface area contributed by atoms with Crippen molar-refractivity contribution in [2.24, 2.45) is 0 Å². The molecule has 0 spiro atoms. The molecule has 2 rings (SSSR count). The molecule has 20 heavy (non-hydrogen) atoms. The fourth-order valence-corrected chi connectivity index (χ4v) is 2.26. The topological polar surface area (TPSA) is 51.4 Å². The van der Waals surface area contributed by atoms with E-state index in [2.05, 4.69) is 29.9 Å². The summed E-state index contributed by atoms with van der Waals surface area (Å²) in [7, 11) is 3.77. The number of pyridine rings is 1. The van der Waals surface area contributed by atoms with Crippen molar-refractivity contribution < 1.29 is 4.74 Å². The molecular formula is C16H23N3O. The molecule has 1 aromatic carbocycles. The second-order valence-electron chi connectivity index (χ2n) is 5.18. The van der Waals surface area contributed by atoms with Crippen LogP contribution in [0.3, 0.4) is 0 Å². The van der Waals surface area contributed by atoms with E-state index in [1.807, 2.05) is 18.2 Å². The number of unbranched alkanes of at least 4 members (excludes halogenated alkanes) is 1. The highest BCUT2D eigenvalue weighted by Crippen LogP contribution is 2.23. The first-order chi connectivity index (χ1) is 9.63. The maximum absolute atomic E-state index is 6.08. The SMILES string of the molecule is CCCCN(C)Cc1cc2ccc(OC)cc2nc1N. The second-order valence-corrected chi connectivity index (χ2v) is 5.18. The van der Waals surface area contributed by atoms with Gasteiger partial charge >= 0.3 is 0 Å². The number of fused-ring (bicyclic) bond motifs is 1. The van der Waals surface area contributed by atoms with E-state index in [0.717, 1.165) is 35.3 Å². The van der Waals surface area contributed by atoms with E-state index in [0.29, 0.717) is 5.82 Å². The summed E-state index contributed by atoms with van der Waals surface area (Å²) in [5.41, 5.74) is 8.04. The van der Waals surface area contributed by atoms with Crippen LogP contribution < -0.4 is 10.5 Å². The Kier molecular flexibility index (Phi) is 4.79. The highest BCUT2D eigenvalue weighted by atomic mass is 16.5. The predicted octanol–water partition coefficient (Wildman–Crippen LogP) is 3.06. The van der Waals surface area contributed by atoms with Gasteiger partial charge in [-0.3, -0.25) is 0 Å². The number of rotatable bonds is 6. The van der Waals surface area contributed by atoms with Gasteiger partial charge in [-0.2, -0.15) is 0 Å². The van der Waals surface area contributed by atoms with Crippen molar-refractivity contribution in [1.82, 2.24) is 9.88 Å². The monoisotopic (exact) mass is 273 g/mol. The Balaban J connectivity index is 2.24. The molecule has 1 aromatic heterocycles. The number of nitrogens with zero attached hydrogens (tertiary/aromatic N) is 2. The molecule has 2 N–H and O–H groups in total. The first-order valence-electron chi connectivity index (χ1n) is 7.05. The van der Waals surface area contributed by atoms with Crippen LogP contribution in [0, 0.1) is 0 Å². The van der Waals surface area contributed by atoms with E-state index in [9.17, 15) is 0 Å². The van der Waals surface area contributed by atoms with E-state index in [1.54, 1.807) is 7.11 Å². The van der Waals surface area contributed by atoms with Gasteiger partial charge in [0.15, 0.2) is 0 Å². The van der Waals surface area contributed by atoms with Crippen LogP contribution in [0.4, 0.5) is 5.82 Å². The largest absolute Gasteiger partial charge is 0.497 e. The first kappa shape index (κ1) is 14.6. The highest BCUT2D eigenvalue weighted by Gasteiger charge is 2.07. The van der Waals surface area contributed by atoms with Crippen LogP contribution in [0.2, 0.25) is 0 Å². The Morgan fingerprint density at radius 2 is 2.10 bits per heavy atom. The van der Waals surface area contributed by atoms with E-state index < -0.39 is 0 Å². The molecule has 0 amide bonds. The summed E-state index contributed by atoms with van der Waals surface area (Å²) in [6, 6.07) is 8.01. The van der Waals surface area contributed by atoms with Crippen LogP contribution in [-0.4, -0.2) is 30.6 Å². The third-order valence-electron chi connectivity index (χ3n) is 3.47. The third-order valence-corrected chi connectivity index (χ3v) is 3.47. The van der Waals surface area contributed by atoms with Gasteiger partial charge in [0.1, 0.15) is 11.6 Å². The van der Waals surface area contributed by atoms with Gasteiger partial charge in [-0.1, -0.05) is 13.3 Å². The summed E-state index contributed by atoms with van der Waals surface area (Å²) in [5, 5.41) is 1.10. The molecule has 0 bridgehead atoms. The molecule has 0 radical (unpaired) electrons. The molecule has 4 heteroatoms. The number of hydrogen-bond acceptors (Lipinski definition) is 4. The number of anilines is 1. The minimum Gasteiger partial charge on any atom is -0.497 e. The summed E-state index contributed by atoms with van der Waals surface area (Å²) in [4.78, 5) is 6.77. The van der Waals surface area contributed by atoms with Crippen molar-refractivity contribution in [3.05, 3.63) is 29.8 Å². The smallest absolute Gasteiger partial charge is 0.128 e. The van der Waals surface area contributed by atoms with Crippen LogP contribution in [-0.2, 0) is 6.54 Å². The average molecular weight is 273 g/mol. The summed E-state index contributed by atoms with van der Waals surface area (Å²) in [5.74, 6) is 1.41. The van der Waals surface area contributed by atoms with Crippen molar-refractivity contribution in [3.63, 3.8) is 0 Å². The van der Waals surface area contributed by atoms with Gasteiger partial charge in [-0.05, 0) is 38.2 Å². The molecule has 0 aliphatic rings. The zero-order chi connectivity index (χ0) is 14.5. The molecule has 1 heterocycles. The summed E-state index contributed by atoms with van der Waals surface area (Å²) in [6.45, 7) is 4.12. The Morgan fingerprint density at radius 1 is 1.30 bits per heavy atom. The van der Waals surface area contributed by atoms with E-state index in [-0.39, 0.29) is 0 Å². The Hall–Kier alpha value is -1.81. The van der Waals surface area contributed by atoms with Gasteiger partial charge in [0.25, 0.3) is 0 Å². The maximum Gasteiger partial charge on any atom is 0.128 e. The first-order valence-corrected chi connectivity index (χ1v) is 7.05. The molecule has 0 aliphatic heterocycles. The highest BCUT2D eigenvalue weighted by molar-refractivity contribution is 5.82. The number of aromatic nitrogens is 1. The predicted molar refractivity (Wildman–Crippen MR) is 83.9 cm³/mol. The van der Waals surface area contributed by atoms with Crippen LogP contribution in [0.15, 0.2) is 24.3 Å². The summed E-state index contributed by atoms with van der Waals surface area (Å²) < 4.78 is 5.21. The minimum absolute atomic E-state index is 0.606. The maximum atomic E-state index is 6.08. The van der Waals surface area contributed by atoms with E-state index in [1.165, 1.54) is 12.8 Å². The molecule has 0 atom stereocenters. The number of ether oxygens (including phenoxy) is 1. The van der Waals surface area contributed by atoms with Crippen molar-refractivity contribution >= 4 is 16.7 Å². The standard InChI is InChI=1S/C16H23N3O/c1-4-5-8-19(2)11-13-9-12-6-7-14(20-3)10-15(12)18-16(13)17/h6-7,9-10H,4-5,8,11H2,1-3H3,(H2,17,18). The fourth-order valence-electron chi connectivity index (χ4n) is 2.26. The summed E-state index contributed by atoms with van der Waals surface area (Å²) >= 11 is 0. The molecule has 108 valence electrons. The number of nitrogen functional groups attached to an aromatic ring is 1. The van der Waals surface area contributed by atoms with Gasteiger partial charge in [0.05, 0.1) is 12.6 Å². The fraction of sp³-hybridized carbons (Fsp3) is 0.438. The van der Waals surface area contributed by atoms with Crippen LogP contribution >= 0.6 is 0 Å². The van der Waals surface area contributed by atoms with Crippen LogP contribution in [0.1, 0.15) is 25.3 Å². The lowest BCUT2D eigenvalue weighted by atomic mass is 10.1. The zero-order valence-corrected chi connectivity index (χ0v) is 12.5. The molecule has 0 saturated heterocycles. The number of benzene rings is 1. The molecule has 0 fully saturated rings. The number of methoxy groups -OCH3 is 1. The normalized spacial score (nSPS) is 11.2. The lowest BCUT2D eigenvalue weighted by Gasteiger charge is -2.17. The van der Waals surface area contributed by atoms with Crippen molar-refractivity contribution in [1.29, 1.82) is 0 Å². The van der Waals surface area contributed by atoms with Crippen molar-refractivity contribution in [2.45, 2.75) is 26.3 Å². The Labute approximate surface area is 120 Å². The van der Waals surface area contributed by atoms with Gasteiger partial charge in [0.2, 0.25) is 0 Å². The molecule has 2 aromatic rings. The zero-order valence-electron chi connectivity index (χ0n) is 12.5. The molecular weight excluding hydrogens is 250 g/mol. The lowest BCUT2D eigenvalue weighted by Crippen LogP contribution is -2.20. The third kappa shape index (κ3) is 3.39. The molecule has 0 unspecified atom stereocenters. The van der Waals surface area contributed by atoms with Gasteiger partial charge < -0.3 is 15.4 Å². The van der Waals surface area contributed by atoms with Gasteiger partial charge in [-0.15, -0.1) is 0 Å².